The minimum atomic E-state index is -0.212. The van der Waals surface area contributed by atoms with Gasteiger partial charge >= 0.3 is 6.03 Å². The molecule has 4 heteroatoms. The lowest BCUT2D eigenvalue weighted by molar-refractivity contribution is 0.0939. The van der Waals surface area contributed by atoms with E-state index in [1.54, 1.807) is 19.0 Å². The van der Waals surface area contributed by atoms with Gasteiger partial charge in [-0.2, -0.15) is 0 Å². The summed E-state index contributed by atoms with van der Waals surface area (Å²) < 4.78 is 0. The number of urea groups is 1. The third-order valence-corrected chi connectivity index (χ3v) is 3.19. The average molecular weight is 214 g/mol. The van der Waals surface area contributed by atoms with Crippen molar-refractivity contribution in [1.82, 2.24) is 10.2 Å². The van der Waals surface area contributed by atoms with Crippen LogP contribution in [-0.4, -0.2) is 42.3 Å². The van der Waals surface area contributed by atoms with Crippen molar-refractivity contribution >= 4 is 6.03 Å². The lowest BCUT2D eigenvalue weighted by Gasteiger charge is -2.31. The smallest absolute Gasteiger partial charge is 0.317 e. The Morgan fingerprint density at radius 2 is 1.87 bits per heavy atom. The number of carbonyl (C=O) groups excluding carboxylic acids is 1. The molecule has 0 aromatic heterocycles. The third kappa shape index (κ3) is 3.70. The maximum Gasteiger partial charge on any atom is 0.317 e. The molecule has 0 aliphatic heterocycles. The van der Waals surface area contributed by atoms with Crippen molar-refractivity contribution in [1.29, 1.82) is 0 Å². The standard InChI is InChI=1S/C11H22N2O2/c1-8(14)9-4-6-10(7-5-9)12-11(15)13(2)3/h8-10,14H,4-7H2,1-3H3,(H,12,15). The lowest BCUT2D eigenvalue weighted by Crippen LogP contribution is -2.43. The van der Waals surface area contributed by atoms with E-state index in [-0.39, 0.29) is 18.2 Å². The molecule has 2 amide bonds. The van der Waals surface area contributed by atoms with Gasteiger partial charge in [0, 0.05) is 20.1 Å². The lowest BCUT2D eigenvalue weighted by atomic mass is 9.83. The van der Waals surface area contributed by atoms with E-state index in [0.717, 1.165) is 25.7 Å². The number of aliphatic hydroxyl groups excluding tert-OH is 1. The Hall–Kier alpha value is -0.770. The molecule has 0 heterocycles. The van der Waals surface area contributed by atoms with Gasteiger partial charge in [0.25, 0.3) is 0 Å². The number of hydrogen-bond donors (Lipinski definition) is 2. The molecule has 0 bridgehead atoms. The summed E-state index contributed by atoms with van der Waals surface area (Å²) in [5.41, 5.74) is 0. The van der Waals surface area contributed by atoms with Gasteiger partial charge in [-0.3, -0.25) is 0 Å². The normalized spacial score (nSPS) is 28.3. The molecule has 1 aliphatic carbocycles. The SMILES string of the molecule is CC(O)C1CCC(NC(=O)N(C)C)CC1. The van der Waals surface area contributed by atoms with Crippen LogP contribution < -0.4 is 5.32 Å². The number of nitrogens with one attached hydrogen (secondary N) is 1. The number of nitrogens with zero attached hydrogens (tertiary/aromatic N) is 1. The van der Waals surface area contributed by atoms with E-state index in [4.69, 9.17) is 0 Å². The molecule has 1 unspecified atom stereocenters. The summed E-state index contributed by atoms with van der Waals surface area (Å²) in [6, 6.07) is 0.269. The second kappa shape index (κ2) is 5.35. The fourth-order valence-corrected chi connectivity index (χ4v) is 2.05. The highest BCUT2D eigenvalue weighted by molar-refractivity contribution is 5.73. The zero-order valence-electron chi connectivity index (χ0n) is 9.86. The summed E-state index contributed by atoms with van der Waals surface area (Å²) in [4.78, 5) is 12.9. The molecule has 4 nitrogen and oxygen atoms in total. The van der Waals surface area contributed by atoms with Crippen LogP contribution in [0.2, 0.25) is 0 Å². The van der Waals surface area contributed by atoms with Gasteiger partial charge in [0.05, 0.1) is 6.10 Å². The van der Waals surface area contributed by atoms with Crippen LogP contribution in [-0.2, 0) is 0 Å². The van der Waals surface area contributed by atoms with Crippen molar-refractivity contribution in [2.45, 2.75) is 44.8 Å². The largest absolute Gasteiger partial charge is 0.393 e. The first kappa shape index (κ1) is 12.3. The molecule has 0 aromatic rings. The van der Waals surface area contributed by atoms with Crippen LogP contribution in [0.1, 0.15) is 32.6 Å². The highest BCUT2D eigenvalue weighted by atomic mass is 16.3. The Morgan fingerprint density at radius 1 is 1.33 bits per heavy atom. The molecule has 1 rings (SSSR count). The van der Waals surface area contributed by atoms with Crippen molar-refractivity contribution in [2.75, 3.05) is 14.1 Å². The van der Waals surface area contributed by atoms with Gasteiger partial charge in [-0.15, -0.1) is 0 Å². The highest BCUT2D eigenvalue weighted by Gasteiger charge is 2.25. The van der Waals surface area contributed by atoms with E-state index < -0.39 is 0 Å². The maximum absolute atomic E-state index is 11.4. The van der Waals surface area contributed by atoms with Gasteiger partial charge in [0.2, 0.25) is 0 Å². The Morgan fingerprint density at radius 3 is 2.27 bits per heavy atom. The second-order valence-electron chi connectivity index (χ2n) is 4.70. The fourth-order valence-electron chi connectivity index (χ4n) is 2.05. The molecule has 15 heavy (non-hydrogen) atoms. The molecule has 0 saturated heterocycles. The fraction of sp³-hybridized carbons (Fsp3) is 0.909. The first-order valence-corrected chi connectivity index (χ1v) is 5.66. The molecule has 1 fully saturated rings. The summed E-state index contributed by atoms with van der Waals surface area (Å²) in [5.74, 6) is 0.414. The Kier molecular flexibility index (Phi) is 4.39. The van der Waals surface area contributed by atoms with Crippen LogP contribution in [0.3, 0.4) is 0 Å². The van der Waals surface area contributed by atoms with Gasteiger partial charge in [0.1, 0.15) is 0 Å². The summed E-state index contributed by atoms with van der Waals surface area (Å²) in [6.45, 7) is 1.85. The maximum atomic E-state index is 11.4. The topological polar surface area (TPSA) is 52.6 Å². The van der Waals surface area contributed by atoms with Crippen LogP contribution in [0, 0.1) is 5.92 Å². The third-order valence-electron chi connectivity index (χ3n) is 3.19. The molecule has 0 radical (unpaired) electrons. The molecule has 0 aromatic carbocycles. The highest BCUT2D eigenvalue weighted by Crippen LogP contribution is 2.26. The monoisotopic (exact) mass is 214 g/mol. The quantitative estimate of drug-likeness (QED) is 0.725. The first-order valence-electron chi connectivity index (χ1n) is 5.66. The minimum Gasteiger partial charge on any atom is -0.393 e. The molecule has 1 atom stereocenters. The van der Waals surface area contributed by atoms with Crippen LogP contribution >= 0.6 is 0 Å². The zero-order valence-corrected chi connectivity index (χ0v) is 9.86. The van der Waals surface area contributed by atoms with Crippen LogP contribution in [0.15, 0.2) is 0 Å². The van der Waals surface area contributed by atoms with Crippen molar-refractivity contribution < 1.29 is 9.90 Å². The van der Waals surface area contributed by atoms with E-state index in [0.29, 0.717) is 5.92 Å². The molecule has 2 N–H and O–H groups in total. The van der Waals surface area contributed by atoms with E-state index >= 15 is 0 Å². The summed E-state index contributed by atoms with van der Waals surface area (Å²) >= 11 is 0. The number of aliphatic hydroxyl groups is 1. The predicted molar refractivity (Wildman–Crippen MR) is 59.6 cm³/mol. The molecular weight excluding hydrogens is 192 g/mol. The van der Waals surface area contributed by atoms with Crippen molar-refractivity contribution in [3.05, 3.63) is 0 Å². The summed E-state index contributed by atoms with van der Waals surface area (Å²) in [5, 5.41) is 12.4. The van der Waals surface area contributed by atoms with E-state index in [1.165, 1.54) is 0 Å². The zero-order chi connectivity index (χ0) is 11.4. The van der Waals surface area contributed by atoms with E-state index in [2.05, 4.69) is 5.32 Å². The van der Waals surface area contributed by atoms with Crippen LogP contribution in [0.5, 0.6) is 0 Å². The average Bonchev–Trinajstić information content (AvgIpc) is 2.18. The summed E-state index contributed by atoms with van der Waals surface area (Å²) in [7, 11) is 3.49. The van der Waals surface area contributed by atoms with Gasteiger partial charge in [-0.05, 0) is 38.5 Å². The molecule has 1 aliphatic rings. The second-order valence-corrected chi connectivity index (χ2v) is 4.70. The molecule has 88 valence electrons. The van der Waals surface area contributed by atoms with Crippen LogP contribution in [0.4, 0.5) is 4.79 Å². The molecular formula is C11H22N2O2. The van der Waals surface area contributed by atoms with Gasteiger partial charge < -0.3 is 15.3 Å². The minimum absolute atomic E-state index is 0.0181. The first-order chi connectivity index (χ1) is 7.00. The Bertz CT molecular complexity index is 209. The van der Waals surface area contributed by atoms with Crippen molar-refractivity contribution in [3.8, 4) is 0 Å². The van der Waals surface area contributed by atoms with Crippen molar-refractivity contribution in [2.24, 2.45) is 5.92 Å². The molecule has 0 spiro atoms. The van der Waals surface area contributed by atoms with Crippen molar-refractivity contribution in [3.63, 3.8) is 0 Å². The number of hydrogen-bond acceptors (Lipinski definition) is 2. The Labute approximate surface area is 91.6 Å². The number of rotatable bonds is 2. The van der Waals surface area contributed by atoms with Crippen LogP contribution in [0.25, 0.3) is 0 Å². The van der Waals surface area contributed by atoms with Gasteiger partial charge in [-0.25, -0.2) is 4.79 Å². The number of carbonyl (C=O) groups is 1. The number of amides is 2. The molecule has 1 saturated carbocycles. The predicted octanol–water partition coefficient (Wildman–Crippen LogP) is 1.20. The van der Waals surface area contributed by atoms with E-state index in [9.17, 15) is 9.90 Å². The van der Waals surface area contributed by atoms with Gasteiger partial charge in [0.15, 0.2) is 0 Å². The van der Waals surface area contributed by atoms with Gasteiger partial charge in [-0.1, -0.05) is 0 Å². The van der Waals surface area contributed by atoms with E-state index in [1.807, 2.05) is 6.92 Å². The Balaban J connectivity index is 2.29. The summed E-state index contributed by atoms with van der Waals surface area (Å²) in [6.07, 6.45) is 3.77.